The Morgan fingerprint density at radius 2 is 2.00 bits per heavy atom. The smallest absolute Gasteiger partial charge is 0.122 e. The van der Waals surface area contributed by atoms with Crippen molar-refractivity contribution in [2.75, 3.05) is 14.2 Å². The molecule has 2 aromatic rings. The van der Waals surface area contributed by atoms with Gasteiger partial charge in [-0.2, -0.15) is 0 Å². The molecule has 0 aliphatic rings. The zero-order valence-electron chi connectivity index (χ0n) is 13.5. The number of aromatic nitrogens is 1. The molecule has 1 unspecified atom stereocenters. The molecule has 0 aliphatic heterocycles. The van der Waals surface area contributed by atoms with Gasteiger partial charge in [0.15, 0.2) is 0 Å². The summed E-state index contributed by atoms with van der Waals surface area (Å²) < 4.78 is 5.41. The normalized spacial score (nSPS) is 12.2. The standard InChI is InChI=1S/C18H24N2O/c1-6-14-8-7-9-20-17(14)18(19-4)15-10-13(3)16(21-5)11-12(15)2/h7-11,18-19H,6H2,1-5H3. The van der Waals surface area contributed by atoms with E-state index >= 15 is 0 Å². The number of hydrogen-bond acceptors (Lipinski definition) is 3. The first kappa shape index (κ1) is 15.5. The van der Waals surface area contributed by atoms with Gasteiger partial charge in [0.05, 0.1) is 18.8 Å². The van der Waals surface area contributed by atoms with Gasteiger partial charge in [0.25, 0.3) is 0 Å². The molecule has 0 bridgehead atoms. The van der Waals surface area contributed by atoms with Crippen molar-refractivity contribution in [2.45, 2.75) is 33.2 Å². The average molecular weight is 284 g/mol. The fourth-order valence-corrected chi connectivity index (χ4v) is 2.79. The van der Waals surface area contributed by atoms with Crippen LogP contribution in [0, 0.1) is 13.8 Å². The minimum Gasteiger partial charge on any atom is -0.496 e. The Hall–Kier alpha value is -1.87. The average Bonchev–Trinajstić information content (AvgIpc) is 2.51. The van der Waals surface area contributed by atoms with Crippen molar-refractivity contribution in [3.05, 3.63) is 58.4 Å². The molecule has 21 heavy (non-hydrogen) atoms. The highest BCUT2D eigenvalue weighted by atomic mass is 16.5. The SMILES string of the molecule is CCc1cccnc1C(NC)c1cc(C)c(OC)cc1C. The molecule has 3 nitrogen and oxygen atoms in total. The van der Waals surface area contributed by atoms with Crippen LogP contribution in [0.2, 0.25) is 0 Å². The summed E-state index contributed by atoms with van der Waals surface area (Å²) in [4.78, 5) is 4.62. The summed E-state index contributed by atoms with van der Waals surface area (Å²) in [5.74, 6) is 0.933. The zero-order valence-corrected chi connectivity index (χ0v) is 13.5. The first-order valence-corrected chi connectivity index (χ1v) is 7.38. The van der Waals surface area contributed by atoms with Crippen LogP contribution in [0.3, 0.4) is 0 Å². The van der Waals surface area contributed by atoms with Gasteiger partial charge in [0, 0.05) is 6.20 Å². The molecule has 1 aromatic carbocycles. The maximum Gasteiger partial charge on any atom is 0.122 e. The van der Waals surface area contributed by atoms with Crippen LogP contribution >= 0.6 is 0 Å². The molecule has 112 valence electrons. The van der Waals surface area contributed by atoms with Crippen LogP contribution in [0.1, 0.15) is 40.9 Å². The van der Waals surface area contributed by atoms with Gasteiger partial charge in [-0.25, -0.2) is 0 Å². The second-order valence-electron chi connectivity index (χ2n) is 5.30. The summed E-state index contributed by atoms with van der Waals surface area (Å²) in [5, 5.41) is 3.41. The Bertz CT molecular complexity index is 623. The van der Waals surface area contributed by atoms with Gasteiger partial charge in [-0.15, -0.1) is 0 Å². The van der Waals surface area contributed by atoms with Crippen molar-refractivity contribution in [3.63, 3.8) is 0 Å². The highest BCUT2D eigenvalue weighted by Gasteiger charge is 2.19. The third kappa shape index (κ3) is 3.08. The van der Waals surface area contributed by atoms with Gasteiger partial charge in [-0.3, -0.25) is 4.98 Å². The van der Waals surface area contributed by atoms with Gasteiger partial charge in [-0.1, -0.05) is 19.1 Å². The maximum absolute atomic E-state index is 5.41. The molecule has 3 heteroatoms. The first-order chi connectivity index (χ1) is 10.1. The Morgan fingerprint density at radius 3 is 2.62 bits per heavy atom. The molecule has 0 fully saturated rings. The second-order valence-corrected chi connectivity index (χ2v) is 5.30. The van der Waals surface area contributed by atoms with E-state index < -0.39 is 0 Å². The van der Waals surface area contributed by atoms with E-state index in [1.165, 1.54) is 16.7 Å². The Morgan fingerprint density at radius 1 is 1.24 bits per heavy atom. The van der Waals surface area contributed by atoms with E-state index in [-0.39, 0.29) is 6.04 Å². The highest BCUT2D eigenvalue weighted by Crippen LogP contribution is 2.30. The number of nitrogens with one attached hydrogen (secondary N) is 1. The number of hydrogen-bond donors (Lipinski definition) is 1. The minimum absolute atomic E-state index is 0.103. The number of nitrogens with zero attached hydrogens (tertiary/aromatic N) is 1. The van der Waals surface area contributed by atoms with E-state index in [2.05, 4.69) is 49.3 Å². The predicted molar refractivity (Wildman–Crippen MR) is 87.0 cm³/mol. The minimum atomic E-state index is 0.103. The molecule has 0 aliphatic carbocycles. The number of pyridine rings is 1. The number of rotatable bonds is 5. The van der Waals surface area contributed by atoms with Crippen LogP contribution in [-0.2, 0) is 6.42 Å². The number of aryl methyl sites for hydroxylation is 3. The molecule has 0 saturated carbocycles. The van der Waals surface area contributed by atoms with E-state index in [1.54, 1.807) is 7.11 Å². The Balaban J connectivity index is 2.54. The van der Waals surface area contributed by atoms with E-state index in [0.717, 1.165) is 23.4 Å². The Labute approximate surface area is 127 Å². The van der Waals surface area contributed by atoms with E-state index in [4.69, 9.17) is 4.74 Å². The number of ether oxygens (including phenoxy) is 1. The third-order valence-electron chi connectivity index (χ3n) is 3.96. The van der Waals surface area contributed by atoms with Crippen molar-refractivity contribution in [2.24, 2.45) is 0 Å². The van der Waals surface area contributed by atoms with Crippen LogP contribution in [0.4, 0.5) is 0 Å². The van der Waals surface area contributed by atoms with Crippen molar-refractivity contribution in [1.29, 1.82) is 0 Å². The van der Waals surface area contributed by atoms with Gasteiger partial charge >= 0.3 is 0 Å². The van der Waals surface area contributed by atoms with Gasteiger partial charge < -0.3 is 10.1 Å². The highest BCUT2D eigenvalue weighted by molar-refractivity contribution is 5.45. The lowest BCUT2D eigenvalue weighted by Crippen LogP contribution is -2.21. The number of benzene rings is 1. The van der Waals surface area contributed by atoms with E-state index in [0.29, 0.717) is 0 Å². The molecule has 0 spiro atoms. The lowest BCUT2D eigenvalue weighted by atomic mass is 9.93. The van der Waals surface area contributed by atoms with Crippen LogP contribution in [-0.4, -0.2) is 19.1 Å². The monoisotopic (exact) mass is 284 g/mol. The molecule has 0 amide bonds. The molecular formula is C18H24N2O. The quantitative estimate of drug-likeness (QED) is 0.911. The lowest BCUT2D eigenvalue weighted by Gasteiger charge is -2.22. The molecule has 1 N–H and O–H groups in total. The fourth-order valence-electron chi connectivity index (χ4n) is 2.79. The topological polar surface area (TPSA) is 34.2 Å². The molecule has 2 rings (SSSR count). The third-order valence-corrected chi connectivity index (χ3v) is 3.96. The second kappa shape index (κ2) is 6.72. The summed E-state index contributed by atoms with van der Waals surface area (Å²) in [5.41, 5.74) is 6.00. The van der Waals surface area contributed by atoms with Crippen molar-refractivity contribution in [1.82, 2.24) is 10.3 Å². The molecule has 0 saturated heterocycles. The van der Waals surface area contributed by atoms with Gasteiger partial charge in [-0.05, 0) is 61.7 Å². The molecule has 1 heterocycles. The van der Waals surface area contributed by atoms with Crippen molar-refractivity contribution >= 4 is 0 Å². The lowest BCUT2D eigenvalue weighted by molar-refractivity contribution is 0.411. The summed E-state index contributed by atoms with van der Waals surface area (Å²) in [6.07, 6.45) is 2.85. The summed E-state index contributed by atoms with van der Waals surface area (Å²) in [7, 11) is 3.70. The molecule has 1 aromatic heterocycles. The summed E-state index contributed by atoms with van der Waals surface area (Å²) in [6.45, 7) is 6.36. The maximum atomic E-state index is 5.41. The van der Waals surface area contributed by atoms with Crippen LogP contribution in [0.25, 0.3) is 0 Å². The zero-order chi connectivity index (χ0) is 15.4. The number of methoxy groups -OCH3 is 1. The summed E-state index contributed by atoms with van der Waals surface area (Å²) in [6, 6.07) is 8.55. The molecule has 1 atom stereocenters. The largest absolute Gasteiger partial charge is 0.496 e. The van der Waals surface area contributed by atoms with Gasteiger partial charge in [0.2, 0.25) is 0 Å². The van der Waals surface area contributed by atoms with Crippen LogP contribution in [0.5, 0.6) is 5.75 Å². The molecule has 0 radical (unpaired) electrons. The summed E-state index contributed by atoms with van der Waals surface area (Å²) >= 11 is 0. The van der Waals surface area contributed by atoms with E-state index in [1.807, 2.05) is 19.3 Å². The Kier molecular flexibility index (Phi) is 4.97. The van der Waals surface area contributed by atoms with Crippen molar-refractivity contribution < 1.29 is 4.74 Å². The predicted octanol–water partition coefficient (Wildman–Crippen LogP) is 3.58. The first-order valence-electron chi connectivity index (χ1n) is 7.38. The van der Waals surface area contributed by atoms with Crippen LogP contribution < -0.4 is 10.1 Å². The van der Waals surface area contributed by atoms with Gasteiger partial charge in [0.1, 0.15) is 5.75 Å². The fraction of sp³-hybridized carbons (Fsp3) is 0.389. The van der Waals surface area contributed by atoms with Crippen molar-refractivity contribution in [3.8, 4) is 5.75 Å². The molecular weight excluding hydrogens is 260 g/mol. The van der Waals surface area contributed by atoms with E-state index in [9.17, 15) is 0 Å². The van der Waals surface area contributed by atoms with Crippen LogP contribution in [0.15, 0.2) is 30.5 Å².